The third-order valence-electron chi connectivity index (χ3n) is 7.20. The molecule has 37 heavy (non-hydrogen) atoms. The molecule has 0 spiro atoms. The van der Waals surface area contributed by atoms with Gasteiger partial charge in [0, 0.05) is 62.4 Å². The molecule has 0 unspecified atom stereocenters. The number of nitrogens with zero attached hydrogens (tertiary/aromatic N) is 2. The van der Waals surface area contributed by atoms with E-state index in [-0.39, 0.29) is 35.6 Å². The van der Waals surface area contributed by atoms with Gasteiger partial charge in [0.25, 0.3) is 0 Å². The van der Waals surface area contributed by atoms with Crippen molar-refractivity contribution in [2.45, 2.75) is 50.0 Å². The minimum Gasteiger partial charge on any atom is -0.381 e. The molecule has 1 aliphatic carbocycles. The molecular formula is C25H32F3N3O4S2. The normalized spacial score (nSPS) is 24.1. The number of ether oxygens (including phenoxy) is 1. The Hall–Kier alpha value is -1.83. The molecule has 4 rings (SSSR count). The number of benzene rings is 1. The highest BCUT2D eigenvalue weighted by molar-refractivity contribution is 7.96. The first-order valence-corrected chi connectivity index (χ1v) is 14.1. The highest BCUT2D eigenvalue weighted by Crippen LogP contribution is 2.39. The van der Waals surface area contributed by atoms with Crippen LogP contribution in [0, 0.1) is 0 Å². The van der Waals surface area contributed by atoms with Gasteiger partial charge in [-0.15, -0.1) is 0 Å². The quantitative estimate of drug-likeness (QED) is 0.497. The second kappa shape index (κ2) is 11.1. The molecule has 0 radical (unpaired) electrons. The predicted molar refractivity (Wildman–Crippen MR) is 140 cm³/mol. The minimum atomic E-state index is -4.81. The summed E-state index contributed by atoms with van der Waals surface area (Å²) in [6.07, 6.45) is 2.35. The van der Waals surface area contributed by atoms with Crippen LogP contribution in [0.15, 0.2) is 47.4 Å². The molecule has 1 aromatic rings. The Labute approximate surface area is 221 Å². The Balaban J connectivity index is 1.56. The van der Waals surface area contributed by atoms with Crippen molar-refractivity contribution < 1.29 is 31.4 Å². The van der Waals surface area contributed by atoms with E-state index in [1.165, 1.54) is 22.5 Å². The number of thiocarbonyl (C=S) groups is 1. The molecule has 2 aliphatic heterocycles. The molecule has 1 aromatic carbocycles. The van der Waals surface area contributed by atoms with Crippen molar-refractivity contribution in [2.24, 2.45) is 0 Å². The Bertz CT molecular complexity index is 1140. The molecule has 0 amide bonds. The zero-order valence-electron chi connectivity index (χ0n) is 20.6. The summed E-state index contributed by atoms with van der Waals surface area (Å²) in [5.41, 5.74) is -2.57. The van der Waals surface area contributed by atoms with Gasteiger partial charge in [-0.3, -0.25) is 0 Å². The molecule has 2 saturated heterocycles. The molecule has 2 fully saturated rings. The van der Waals surface area contributed by atoms with Crippen LogP contribution in [0.3, 0.4) is 0 Å². The van der Waals surface area contributed by atoms with Crippen LogP contribution in [0.5, 0.6) is 0 Å². The number of anilines is 1. The van der Waals surface area contributed by atoms with Crippen molar-refractivity contribution in [1.82, 2.24) is 9.62 Å². The lowest BCUT2D eigenvalue weighted by Gasteiger charge is -2.43. The SMILES string of the molecule is C[C@](O)(c1ccc(N2CCN(S(=O)(=O)C3=CC=CCC3=S)C[C@@H]2CNC2CCOCC2)cc1)C(F)(F)F. The van der Waals surface area contributed by atoms with E-state index in [0.717, 1.165) is 19.8 Å². The number of hydrogen-bond acceptors (Lipinski definition) is 7. The van der Waals surface area contributed by atoms with Crippen LogP contribution in [0.25, 0.3) is 0 Å². The monoisotopic (exact) mass is 559 g/mol. The van der Waals surface area contributed by atoms with Crippen LogP contribution >= 0.6 is 12.2 Å². The Morgan fingerprint density at radius 3 is 2.46 bits per heavy atom. The molecule has 2 atom stereocenters. The van der Waals surface area contributed by atoms with Gasteiger partial charge in [0.1, 0.15) is 0 Å². The lowest BCUT2D eigenvalue weighted by atomic mass is 9.95. The molecule has 12 heteroatoms. The molecule has 7 nitrogen and oxygen atoms in total. The van der Waals surface area contributed by atoms with Gasteiger partial charge < -0.3 is 20.1 Å². The summed E-state index contributed by atoms with van der Waals surface area (Å²) >= 11 is 5.32. The third kappa shape index (κ3) is 6.10. The highest BCUT2D eigenvalue weighted by Gasteiger charge is 2.51. The predicted octanol–water partition coefficient (Wildman–Crippen LogP) is 3.26. The first-order chi connectivity index (χ1) is 17.4. The van der Waals surface area contributed by atoms with Gasteiger partial charge in [-0.25, -0.2) is 8.42 Å². The van der Waals surface area contributed by atoms with Crippen molar-refractivity contribution >= 4 is 32.8 Å². The van der Waals surface area contributed by atoms with Gasteiger partial charge in [0.15, 0.2) is 5.60 Å². The topological polar surface area (TPSA) is 82.1 Å². The Morgan fingerprint density at radius 1 is 1.16 bits per heavy atom. The number of rotatable bonds is 7. The van der Waals surface area contributed by atoms with Crippen LogP contribution in [0.1, 0.15) is 31.7 Å². The first kappa shape index (κ1) is 28.2. The summed E-state index contributed by atoms with van der Waals surface area (Å²) in [5, 5.41) is 13.5. The van der Waals surface area contributed by atoms with Crippen molar-refractivity contribution in [3.05, 3.63) is 53.0 Å². The van der Waals surface area contributed by atoms with Crippen LogP contribution in [-0.2, 0) is 20.4 Å². The molecule has 204 valence electrons. The van der Waals surface area contributed by atoms with Crippen LogP contribution in [0.2, 0.25) is 0 Å². The van der Waals surface area contributed by atoms with E-state index in [9.17, 15) is 26.7 Å². The van der Waals surface area contributed by atoms with Crippen LogP contribution < -0.4 is 10.2 Å². The van der Waals surface area contributed by atoms with Crippen LogP contribution in [-0.4, -0.2) is 80.3 Å². The van der Waals surface area contributed by atoms with E-state index in [1.54, 1.807) is 18.2 Å². The van der Waals surface area contributed by atoms with Gasteiger partial charge >= 0.3 is 6.18 Å². The van der Waals surface area contributed by atoms with E-state index >= 15 is 0 Å². The third-order valence-corrected chi connectivity index (χ3v) is 9.67. The van der Waals surface area contributed by atoms with Crippen LogP contribution in [0.4, 0.5) is 18.9 Å². The van der Waals surface area contributed by atoms with Gasteiger partial charge in [-0.1, -0.05) is 36.5 Å². The van der Waals surface area contributed by atoms with Gasteiger partial charge in [0.05, 0.1) is 10.9 Å². The van der Waals surface area contributed by atoms with Crippen molar-refractivity contribution in [3.63, 3.8) is 0 Å². The van der Waals surface area contributed by atoms with Gasteiger partial charge in [0.2, 0.25) is 10.0 Å². The number of sulfonamides is 1. The lowest BCUT2D eigenvalue weighted by molar-refractivity contribution is -0.258. The van der Waals surface area contributed by atoms with Crippen molar-refractivity contribution in [1.29, 1.82) is 0 Å². The maximum atomic E-state index is 13.4. The second-order valence-electron chi connectivity index (χ2n) is 9.71. The molecule has 0 bridgehead atoms. The van der Waals surface area contributed by atoms with Crippen molar-refractivity contribution in [3.8, 4) is 0 Å². The minimum absolute atomic E-state index is 0.147. The van der Waals surface area contributed by atoms with E-state index in [2.05, 4.69) is 5.32 Å². The smallest absolute Gasteiger partial charge is 0.381 e. The van der Waals surface area contributed by atoms with Gasteiger partial charge in [-0.05, 0) is 43.5 Å². The number of nitrogens with one attached hydrogen (secondary N) is 1. The summed E-state index contributed by atoms with van der Waals surface area (Å²) < 4.78 is 73.6. The zero-order chi connectivity index (χ0) is 26.8. The largest absolute Gasteiger partial charge is 0.421 e. The molecule has 3 aliphatic rings. The molecular weight excluding hydrogens is 527 g/mol. The highest BCUT2D eigenvalue weighted by atomic mass is 32.2. The van der Waals surface area contributed by atoms with E-state index in [0.29, 0.717) is 43.3 Å². The maximum Gasteiger partial charge on any atom is 0.421 e. The fraction of sp³-hybridized carbons (Fsp3) is 0.560. The molecule has 0 aromatic heterocycles. The number of allylic oxidation sites excluding steroid dienone is 4. The number of piperazine rings is 1. The summed E-state index contributed by atoms with van der Waals surface area (Å²) in [6.45, 7) is 3.29. The Kier molecular flexibility index (Phi) is 8.46. The number of aliphatic hydroxyl groups is 1. The van der Waals surface area contributed by atoms with Crippen molar-refractivity contribution in [2.75, 3.05) is 44.3 Å². The zero-order valence-corrected chi connectivity index (χ0v) is 22.2. The fourth-order valence-corrected chi connectivity index (χ4v) is 6.87. The second-order valence-corrected chi connectivity index (χ2v) is 12.1. The maximum absolute atomic E-state index is 13.4. The average Bonchev–Trinajstić information content (AvgIpc) is 2.87. The lowest BCUT2D eigenvalue weighted by Crippen LogP contribution is -2.59. The number of alkyl halides is 3. The summed E-state index contributed by atoms with van der Waals surface area (Å²) in [4.78, 5) is 2.54. The number of halogens is 3. The molecule has 2 heterocycles. The first-order valence-electron chi connectivity index (χ1n) is 12.3. The van der Waals surface area contributed by atoms with E-state index < -0.39 is 21.8 Å². The van der Waals surface area contributed by atoms with E-state index in [1.807, 2.05) is 11.0 Å². The summed E-state index contributed by atoms with van der Waals surface area (Å²) in [5.74, 6) is 0. The number of hydrogen-bond donors (Lipinski definition) is 2. The van der Waals surface area contributed by atoms with E-state index in [4.69, 9.17) is 17.0 Å². The fourth-order valence-electron chi connectivity index (χ4n) is 4.80. The van der Waals surface area contributed by atoms with Gasteiger partial charge in [-0.2, -0.15) is 17.5 Å². The summed E-state index contributed by atoms with van der Waals surface area (Å²) in [7, 11) is -3.79. The summed E-state index contributed by atoms with van der Waals surface area (Å²) in [6, 6.07) is 5.60. The standard InChI is InChI=1S/C25H32F3N3O4S2/c1-24(32,25(26,27)28)18-6-8-20(9-7-18)31-13-12-30(37(33,34)23-5-3-2-4-22(23)36)17-21(31)16-29-19-10-14-35-15-11-19/h2-3,5-9,19,21,29,32H,4,10-17H2,1H3/t21-,24-/m0/s1. The molecule has 2 N–H and O–H groups in total. The average molecular weight is 560 g/mol. The Morgan fingerprint density at radius 2 is 1.84 bits per heavy atom. The molecule has 0 saturated carbocycles.